The number of hydrogen-bond acceptors (Lipinski definition) is 4. The normalized spacial score (nSPS) is 27.6. The molecule has 2 amide bonds. The van der Waals surface area contributed by atoms with Gasteiger partial charge in [0.05, 0.1) is 18.2 Å². The van der Waals surface area contributed by atoms with Crippen LogP contribution in [0.4, 0.5) is 4.79 Å². The van der Waals surface area contributed by atoms with Gasteiger partial charge in [-0.1, -0.05) is 32.0 Å². The number of nitrogens with one attached hydrogen (secondary N) is 2. The Hall–Kier alpha value is -2.50. The van der Waals surface area contributed by atoms with Gasteiger partial charge >= 0.3 is 12.0 Å². The zero-order valence-electron chi connectivity index (χ0n) is 17.1. The summed E-state index contributed by atoms with van der Waals surface area (Å²) in [6.07, 6.45) is 2.73. The zero-order valence-corrected chi connectivity index (χ0v) is 17.1. The Kier molecular flexibility index (Phi) is 6.27. The van der Waals surface area contributed by atoms with Crippen molar-refractivity contribution in [3.8, 4) is 5.75 Å². The van der Waals surface area contributed by atoms with E-state index in [0.717, 1.165) is 24.8 Å². The topological polar surface area (TPSA) is 76.7 Å². The van der Waals surface area contributed by atoms with Gasteiger partial charge < -0.3 is 20.1 Å². The van der Waals surface area contributed by atoms with Crippen LogP contribution >= 0.6 is 0 Å². The number of hydrogen-bond donors (Lipinski definition) is 2. The number of benzene rings is 1. The average molecular weight is 386 g/mol. The maximum Gasteiger partial charge on any atom is 0.338 e. The van der Waals surface area contributed by atoms with E-state index in [-0.39, 0.29) is 18.1 Å². The third-order valence-corrected chi connectivity index (χ3v) is 5.84. The zero-order chi connectivity index (χ0) is 20.3. The van der Waals surface area contributed by atoms with Gasteiger partial charge in [0, 0.05) is 11.3 Å². The van der Waals surface area contributed by atoms with Gasteiger partial charge in [-0.05, 0) is 51.0 Å². The molecular formula is C22H30N2O4. The Morgan fingerprint density at radius 1 is 1.18 bits per heavy atom. The molecule has 28 heavy (non-hydrogen) atoms. The van der Waals surface area contributed by atoms with Crippen molar-refractivity contribution in [2.24, 2.45) is 11.8 Å². The molecule has 0 spiro atoms. The molecule has 0 aromatic heterocycles. The Balaban J connectivity index is 1.87. The smallest absolute Gasteiger partial charge is 0.338 e. The third-order valence-electron chi connectivity index (χ3n) is 5.84. The highest BCUT2D eigenvalue weighted by Gasteiger charge is 2.36. The number of para-hydroxylation sites is 1. The molecule has 1 aliphatic heterocycles. The summed E-state index contributed by atoms with van der Waals surface area (Å²) in [6, 6.07) is 6.50. The third kappa shape index (κ3) is 4.32. The second-order valence-corrected chi connectivity index (χ2v) is 7.84. The van der Waals surface area contributed by atoms with E-state index >= 15 is 0 Å². The molecule has 3 rings (SSSR count). The molecule has 2 N–H and O–H groups in total. The lowest BCUT2D eigenvalue weighted by atomic mass is 9.80. The van der Waals surface area contributed by atoms with Gasteiger partial charge in [0.25, 0.3) is 0 Å². The lowest BCUT2D eigenvalue weighted by Gasteiger charge is -2.34. The lowest BCUT2D eigenvalue weighted by Crippen LogP contribution is -2.46. The molecule has 1 fully saturated rings. The summed E-state index contributed by atoms with van der Waals surface area (Å²) in [5.74, 6) is 1.45. The molecule has 0 saturated heterocycles. The first-order valence-corrected chi connectivity index (χ1v) is 10.1. The fourth-order valence-corrected chi connectivity index (χ4v) is 4.02. The van der Waals surface area contributed by atoms with Crippen LogP contribution in [-0.2, 0) is 9.53 Å². The summed E-state index contributed by atoms with van der Waals surface area (Å²) >= 11 is 0. The van der Waals surface area contributed by atoms with Crippen molar-refractivity contribution >= 4 is 12.0 Å². The van der Waals surface area contributed by atoms with E-state index in [1.54, 1.807) is 6.92 Å². The van der Waals surface area contributed by atoms with Gasteiger partial charge in [-0.25, -0.2) is 9.59 Å². The van der Waals surface area contributed by atoms with Crippen LogP contribution in [0.2, 0.25) is 0 Å². The van der Waals surface area contributed by atoms with Gasteiger partial charge in [-0.3, -0.25) is 0 Å². The van der Waals surface area contributed by atoms with Crippen LogP contribution in [0.5, 0.6) is 5.75 Å². The number of carbonyl (C=O) groups is 2. The van der Waals surface area contributed by atoms with Crippen LogP contribution in [0.3, 0.4) is 0 Å². The highest BCUT2D eigenvalue weighted by atomic mass is 16.5. The van der Waals surface area contributed by atoms with Gasteiger partial charge in [0.2, 0.25) is 0 Å². The SMILES string of the molecule is CCOc1ccccc1[C@@H]1NC(=O)NC(C)=C1C(=O)O[C@H]1CC[C@@H](C)[C@@H](C)C1. The summed E-state index contributed by atoms with van der Waals surface area (Å²) in [4.78, 5) is 25.2. The van der Waals surface area contributed by atoms with E-state index in [0.29, 0.717) is 35.5 Å². The van der Waals surface area contributed by atoms with E-state index in [1.165, 1.54) is 0 Å². The predicted octanol–water partition coefficient (Wildman–Crippen LogP) is 4.08. The van der Waals surface area contributed by atoms with Crippen molar-refractivity contribution in [2.75, 3.05) is 6.61 Å². The molecular weight excluding hydrogens is 356 g/mol. The summed E-state index contributed by atoms with van der Waals surface area (Å²) in [6.45, 7) is 8.59. The number of urea groups is 1. The Labute approximate surface area is 166 Å². The number of rotatable bonds is 5. The van der Waals surface area contributed by atoms with Crippen LogP contribution < -0.4 is 15.4 Å². The van der Waals surface area contributed by atoms with Crippen molar-refractivity contribution in [1.29, 1.82) is 0 Å². The molecule has 0 radical (unpaired) electrons. The minimum Gasteiger partial charge on any atom is -0.494 e. The second kappa shape index (κ2) is 8.67. The van der Waals surface area contributed by atoms with Gasteiger partial charge in [-0.2, -0.15) is 0 Å². The molecule has 6 nitrogen and oxygen atoms in total. The number of carbonyl (C=O) groups excluding carboxylic acids is 2. The van der Waals surface area contributed by atoms with Gasteiger partial charge in [0.15, 0.2) is 0 Å². The molecule has 1 saturated carbocycles. The van der Waals surface area contributed by atoms with E-state index in [2.05, 4.69) is 24.5 Å². The summed E-state index contributed by atoms with van der Waals surface area (Å²) in [5.41, 5.74) is 1.69. The Bertz CT molecular complexity index is 774. The minimum absolute atomic E-state index is 0.0839. The van der Waals surface area contributed by atoms with Crippen molar-refractivity contribution in [2.45, 2.75) is 59.1 Å². The fraction of sp³-hybridized carbons (Fsp3) is 0.545. The minimum atomic E-state index is -0.607. The Morgan fingerprint density at radius 2 is 1.93 bits per heavy atom. The molecule has 6 heteroatoms. The quantitative estimate of drug-likeness (QED) is 0.748. The molecule has 0 bridgehead atoms. The van der Waals surface area contributed by atoms with E-state index < -0.39 is 6.04 Å². The van der Waals surface area contributed by atoms with E-state index in [4.69, 9.17) is 9.47 Å². The summed E-state index contributed by atoms with van der Waals surface area (Å²) < 4.78 is 11.6. The number of esters is 1. The average Bonchev–Trinajstić information content (AvgIpc) is 2.64. The molecule has 1 aromatic carbocycles. The Morgan fingerprint density at radius 3 is 2.64 bits per heavy atom. The molecule has 1 aromatic rings. The van der Waals surface area contributed by atoms with Crippen LogP contribution in [0.25, 0.3) is 0 Å². The largest absolute Gasteiger partial charge is 0.494 e. The highest BCUT2D eigenvalue weighted by Crippen LogP contribution is 2.35. The van der Waals surface area contributed by atoms with E-state index in [9.17, 15) is 9.59 Å². The maximum atomic E-state index is 13.1. The first kappa shape index (κ1) is 20.2. The molecule has 152 valence electrons. The number of allylic oxidation sites excluding steroid dienone is 1. The highest BCUT2D eigenvalue weighted by molar-refractivity contribution is 5.95. The van der Waals surface area contributed by atoms with Crippen LogP contribution in [-0.4, -0.2) is 24.7 Å². The van der Waals surface area contributed by atoms with Crippen molar-refractivity contribution in [3.63, 3.8) is 0 Å². The number of ether oxygens (including phenoxy) is 2. The molecule has 1 heterocycles. The maximum absolute atomic E-state index is 13.1. The van der Waals surface area contributed by atoms with Crippen LogP contribution in [0.15, 0.2) is 35.5 Å². The summed E-state index contributed by atoms with van der Waals surface area (Å²) in [5, 5.41) is 5.56. The van der Waals surface area contributed by atoms with Crippen molar-refractivity contribution in [3.05, 3.63) is 41.1 Å². The van der Waals surface area contributed by atoms with E-state index in [1.807, 2.05) is 31.2 Å². The standard InChI is InChI=1S/C22H30N2O4/c1-5-27-18-9-7-6-8-17(18)20-19(15(4)23-22(26)24-20)21(25)28-16-11-10-13(2)14(3)12-16/h6-9,13-14,16,20H,5,10-12H2,1-4H3,(H2,23,24,26)/t13-,14+,16+,20+/m1/s1. The predicted molar refractivity (Wildman–Crippen MR) is 107 cm³/mol. The van der Waals surface area contributed by atoms with Gasteiger partial charge in [-0.15, -0.1) is 0 Å². The molecule has 1 aliphatic carbocycles. The summed E-state index contributed by atoms with van der Waals surface area (Å²) in [7, 11) is 0. The van der Waals surface area contributed by atoms with Crippen LogP contribution in [0.1, 0.15) is 58.6 Å². The molecule has 2 aliphatic rings. The number of amides is 2. The van der Waals surface area contributed by atoms with Crippen LogP contribution in [0, 0.1) is 11.8 Å². The second-order valence-electron chi connectivity index (χ2n) is 7.84. The fourth-order valence-electron chi connectivity index (χ4n) is 4.02. The lowest BCUT2D eigenvalue weighted by molar-refractivity contribution is -0.147. The first-order chi connectivity index (χ1) is 13.4. The molecule has 4 atom stereocenters. The molecule has 0 unspecified atom stereocenters. The first-order valence-electron chi connectivity index (χ1n) is 10.1. The van der Waals surface area contributed by atoms with Gasteiger partial charge in [0.1, 0.15) is 11.9 Å². The monoisotopic (exact) mass is 386 g/mol. The van der Waals surface area contributed by atoms with Crippen molar-refractivity contribution < 1.29 is 19.1 Å². The van der Waals surface area contributed by atoms with Crippen molar-refractivity contribution in [1.82, 2.24) is 10.6 Å².